The van der Waals surface area contributed by atoms with Gasteiger partial charge in [-0.15, -0.1) is 0 Å². The van der Waals surface area contributed by atoms with Gasteiger partial charge < -0.3 is 5.11 Å². The summed E-state index contributed by atoms with van der Waals surface area (Å²) in [7, 11) is 0. The van der Waals surface area contributed by atoms with Gasteiger partial charge in [-0.2, -0.15) is 0 Å². The molecule has 0 aliphatic carbocycles. The minimum atomic E-state index is 0. The van der Waals surface area contributed by atoms with Crippen LogP contribution in [0, 0.1) is 0 Å². The van der Waals surface area contributed by atoms with E-state index in [1.807, 2.05) is 0 Å². The molecule has 0 unspecified atom stereocenters. The molecule has 0 aromatic carbocycles. The van der Waals surface area contributed by atoms with E-state index in [0.29, 0.717) is 0 Å². The molecule has 0 bridgehead atoms. The SMILES string of the molecule is CCCCC=CO.[NaH]. The standard InChI is InChI=1S/C6H12O.Na.H/c1-2-3-4-5-6-7;;/h5-7H,2-4H2,1H3;;. The summed E-state index contributed by atoms with van der Waals surface area (Å²) in [6.07, 6.45) is 6.26. The molecule has 0 amide bonds. The van der Waals surface area contributed by atoms with Gasteiger partial charge in [0.1, 0.15) is 0 Å². The zero-order chi connectivity index (χ0) is 5.54. The van der Waals surface area contributed by atoms with Gasteiger partial charge in [-0.3, -0.25) is 0 Å². The Morgan fingerprint density at radius 2 is 2.12 bits per heavy atom. The first-order valence-electron chi connectivity index (χ1n) is 2.71. The second kappa shape index (κ2) is 10.5. The van der Waals surface area contributed by atoms with Crippen LogP contribution in [0.25, 0.3) is 0 Å². The molecule has 0 aliphatic rings. The number of rotatable bonds is 3. The van der Waals surface area contributed by atoms with Crippen LogP contribution in [0.1, 0.15) is 26.2 Å². The van der Waals surface area contributed by atoms with Gasteiger partial charge in [0.15, 0.2) is 0 Å². The molecule has 0 fully saturated rings. The fourth-order valence-electron chi connectivity index (χ4n) is 0.397. The second-order valence-electron chi connectivity index (χ2n) is 1.53. The monoisotopic (exact) mass is 124 g/mol. The molecule has 0 aromatic rings. The summed E-state index contributed by atoms with van der Waals surface area (Å²) in [5.41, 5.74) is 0. The average molecular weight is 124 g/mol. The van der Waals surface area contributed by atoms with Crippen molar-refractivity contribution in [3.8, 4) is 0 Å². The minimum absolute atomic E-state index is 0. The van der Waals surface area contributed by atoms with E-state index < -0.39 is 0 Å². The number of aliphatic hydroxyl groups is 1. The Kier molecular flexibility index (Phi) is 14.9. The third-order valence-corrected chi connectivity index (χ3v) is 0.830. The van der Waals surface area contributed by atoms with E-state index in [2.05, 4.69) is 6.92 Å². The third-order valence-electron chi connectivity index (χ3n) is 0.830. The zero-order valence-corrected chi connectivity index (χ0v) is 4.72. The first-order valence-corrected chi connectivity index (χ1v) is 2.71. The summed E-state index contributed by atoms with van der Waals surface area (Å²) in [5.74, 6) is 0. The molecule has 8 heavy (non-hydrogen) atoms. The van der Waals surface area contributed by atoms with Crippen molar-refractivity contribution in [3.63, 3.8) is 0 Å². The molecule has 2 heteroatoms. The van der Waals surface area contributed by atoms with Crippen molar-refractivity contribution in [3.05, 3.63) is 12.3 Å². The van der Waals surface area contributed by atoms with Crippen LogP contribution in [0.5, 0.6) is 0 Å². The summed E-state index contributed by atoms with van der Waals surface area (Å²) < 4.78 is 0. The van der Waals surface area contributed by atoms with Crippen LogP contribution in [0.3, 0.4) is 0 Å². The quantitative estimate of drug-likeness (QED) is 0.344. The van der Waals surface area contributed by atoms with Crippen LogP contribution in [0.15, 0.2) is 12.3 Å². The van der Waals surface area contributed by atoms with Gasteiger partial charge in [-0.25, -0.2) is 0 Å². The van der Waals surface area contributed by atoms with Crippen molar-refractivity contribution in [1.82, 2.24) is 0 Å². The van der Waals surface area contributed by atoms with Crippen molar-refractivity contribution in [1.29, 1.82) is 0 Å². The predicted molar refractivity (Wildman–Crippen MR) is 38.4 cm³/mol. The Hall–Kier alpha value is 0.540. The van der Waals surface area contributed by atoms with Crippen molar-refractivity contribution in [2.45, 2.75) is 26.2 Å². The zero-order valence-electron chi connectivity index (χ0n) is 4.72. The molecule has 0 heterocycles. The number of unbranched alkanes of at least 4 members (excludes halogenated alkanes) is 2. The summed E-state index contributed by atoms with van der Waals surface area (Å²) in [6.45, 7) is 2.13. The molecule has 1 N–H and O–H groups in total. The Bertz CT molecular complexity index is 52.5. The average Bonchev–Trinajstić information content (AvgIpc) is 1.69. The fourth-order valence-corrected chi connectivity index (χ4v) is 0.397. The fraction of sp³-hybridized carbons (Fsp3) is 0.667. The van der Waals surface area contributed by atoms with Gasteiger partial charge in [0.2, 0.25) is 0 Å². The van der Waals surface area contributed by atoms with Crippen LogP contribution in [0.2, 0.25) is 0 Å². The summed E-state index contributed by atoms with van der Waals surface area (Å²) >= 11 is 0. The van der Waals surface area contributed by atoms with Gasteiger partial charge in [0, 0.05) is 0 Å². The van der Waals surface area contributed by atoms with Crippen molar-refractivity contribution in [2.75, 3.05) is 0 Å². The van der Waals surface area contributed by atoms with E-state index in [9.17, 15) is 0 Å². The van der Waals surface area contributed by atoms with Crippen LogP contribution in [-0.4, -0.2) is 34.7 Å². The Morgan fingerprint density at radius 1 is 1.50 bits per heavy atom. The van der Waals surface area contributed by atoms with Gasteiger partial charge in [-0.1, -0.05) is 19.4 Å². The molecule has 1 nitrogen and oxygen atoms in total. The number of allylic oxidation sites excluding steroid dienone is 1. The van der Waals surface area contributed by atoms with Crippen molar-refractivity contribution >= 4 is 29.6 Å². The van der Waals surface area contributed by atoms with Crippen LogP contribution in [-0.2, 0) is 0 Å². The van der Waals surface area contributed by atoms with E-state index in [1.165, 1.54) is 12.8 Å². The topological polar surface area (TPSA) is 20.2 Å². The Balaban J connectivity index is 0. The molecular weight excluding hydrogens is 111 g/mol. The van der Waals surface area contributed by atoms with Gasteiger partial charge in [0.25, 0.3) is 0 Å². The molecule has 0 saturated heterocycles. The van der Waals surface area contributed by atoms with Crippen molar-refractivity contribution in [2.24, 2.45) is 0 Å². The molecule has 0 aliphatic heterocycles. The van der Waals surface area contributed by atoms with E-state index in [-0.39, 0.29) is 29.6 Å². The van der Waals surface area contributed by atoms with Crippen LogP contribution < -0.4 is 0 Å². The number of hydrogen-bond acceptors (Lipinski definition) is 1. The molecule has 0 aromatic heterocycles. The normalized spacial score (nSPS) is 9.12. The van der Waals surface area contributed by atoms with E-state index in [1.54, 1.807) is 6.08 Å². The Morgan fingerprint density at radius 3 is 2.50 bits per heavy atom. The van der Waals surface area contributed by atoms with Crippen molar-refractivity contribution < 1.29 is 5.11 Å². The van der Waals surface area contributed by atoms with Gasteiger partial charge >= 0.3 is 29.6 Å². The van der Waals surface area contributed by atoms with E-state index >= 15 is 0 Å². The molecule has 0 saturated carbocycles. The van der Waals surface area contributed by atoms with E-state index in [0.717, 1.165) is 12.7 Å². The Labute approximate surface area is 73.1 Å². The molecule has 0 spiro atoms. The predicted octanol–water partition coefficient (Wildman–Crippen LogP) is 1.60. The summed E-state index contributed by atoms with van der Waals surface area (Å²) in [6, 6.07) is 0. The second-order valence-corrected chi connectivity index (χ2v) is 1.53. The maximum absolute atomic E-state index is 8.11. The van der Waals surface area contributed by atoms with E-state index in [4.69, 9.17) is 5.11 Å². The van der Waals surface area contributed by atoms with Crippen LogP contribution in [0.4, 0.5) is 0 Å². The molecule has 44 valence electrons. The third kappa shape index (κ3) is 9.74. The maximum atomic E-state index is 8.11. The summed E-state index contributed by atoms with van der Waals surface area (Å²) in [4.78, 5) is 0. The number of hydrogen-bond donors (Lipinski definition) is 1. The first kappa shape index (κ1) is 11.4. The van der Waals surface area contributed by atoms with Gasteiger partial charge in [-0.05, 0) is 12.8 Å². The summed E-state index contributed by atoms with van der Waals surface area (Å²) in [5, 5.41) is 8.11. The molecule has 0 radical (unpaired) electrons. The molecule has 0 atom stereocenters. The number of aliphatic hydroxyl groups excluding tert-OH is 1. The first-order chi connectivity index (χ1) is 3.41. The molecular formula is C6H13NaO. The van der Waals surface area contributed by atoms with Gasteiger partial charge in [0.05, 0.1) is 6.26 Å². The van der Waals surface area contributed by atoms with Crippen LogP contribution >= 0.6 is 0 Å². The molecule has 0 rings (SSSR count).